The summed E-state index contributed by atoms with van der Waals surface area (Å²) in [6.07, 6.45) is -0.692. The Hall–Kier alpha value is -4.20. The van der Waals surface area contributed by atoms with Crippen LogP contribution in [0.15, 0.2) is 22.3 Å². The van der Waals surface area contributed by atoms with E-state index in [1.165, 1.54) is 23.4 Å². The average molecular weight is 476 g/mol. The van der Waals surface area contributed by atoms with Crippen molar-refractivity contribution in [2.24, 2.45) is 0 Å². The van der Waals surface area contributed by atoms with Crippen LogP contribution in [0.2, 0.25) is 0 Å². The third-order valence-electron chi connectivity index (χ3n) is 4.65. The number of nitrogen functional groups attached to an aromatic ring is 1. The maximum absolute atomic E-state index is 12.8. The normalized spacial score (nSPS) is 11.8. The number of aromatic nitrogens is 3. The first-order valence-electron chi connectivity index (χ1n) is 9.52. The Labute approximate surface area is 189 Å². The second-order valence-corrected chi connectivity index (χ2v) is 8.08. The summed E-state index contributed by atoms with van der Waals surface area (Å²) in [6.45, 7) is 0.113. The first-order chi connectivity index (χ1) is 15.5. The van der Waals surface area contributed by atoms with Crippen molar-refractivity contribution in [2.75, 3.05) is 12.8 Å². The van der Waals surface area contributed by atoms with E-state index in [1.807, 2.05) is 0 Å². The smallest absolute Gasteiger partial charge is 0.326 e. The summed E-state index contributed by atoms with van der Waals surface area (Å²) in [7, 11) is 1.53. The number of thiophene rings is 1. The van der Waals surface area contributed by atoms with Crippen LogP contribution in [0.4, 0.5) is 5.95 Å². The molecule has 0 saturated carbocycles. The molecule has 33 heavy (non-hydrogen) atoms. The molecule has 3 rings (SSSR count). The topological polar surface area (TPSA) is 212 Å². The molecular weight excluding hydrogens is 456 g/mol. The Morgan fingerprint density at radius 2 is 1.97 bits per heavy atom. The highest BCUT2D eigenvalue weighted by Crippen LogP contribution is 2.18. The number of rotatable bonds is 9. The lowest BCUT2D eigenvalue weighted by molar-refractivity contribution is -0.140. The van der Waals surface area contributed by atoms with Gasteiger partial charge in [0.25, 0.3) is 17.4 Å². The second-order valence-electron chi connectivity index (χ2n) is 7.17. The van der Waals surface area contributed by atoms with Gasteiger partial charge in [-0.15, -0.1) is 11.3 Å². The molecule has 2 amide bonds. The van der Waals surface area contributed by atoms with Crippen LogP contribution in [0.25, 0.3) is 11.0 Å². The van der Waals surface area contributed by atoms with E-state index in [0.29, 0.717) is 11.1 Å². The molecule has 0 unspecified atom stereocenters. The molecule has 3 aromatic heterocycles. The third-order valence-corrected chi connectivity index (χ3v) is 5.57. The highest BCUT2D eigenvalue weighted by Gasteiger charge is 2.24. The summed E-state index contributed by atoms with van der Waals surface area (Å²) in [6, 6.07) is 1.51. The van der Waals surface area contributed by atoms with Crippen LogP contribution < -0.4 is 16.6 Å². The molecule has 14 heteroatoms. The zero-order chi connectivity index (χ0) is 24.3. The Kier molecular flexibility index (Phi) is 6.77. The predicted octanol–water partition coefficient (Wildman–Crippen LogP) is 0.215. The SMILES string of the molecule is CN(Cc1cc2c(=O)[nH]c(N)nc2[nH]1)C(=O)c1csc(C(=O)N[C@@H](CCC(=O)O)C(=O)O)c1. The predicted molar refractivity (Wildman–Crippen MR) is 117 cm³/mol. The Bertz CT molecular complexity index is 1290. The highest BCUT2D eigenvalue weighted by atomic mass is 32.1. The molecule has 1 atom stereocenters. The lowest BCUT2D eigenvalue weighted by atomic mass is 10.1. The number of nitrogens with zero attached hydrogens (tertiary/aromatic N) is 2. The molecule has 3 heterocycles. The molecule has 0 aromatic carbocycles. The van der Waals surface area contributed by atoms with Crippen molar-refractivity contribution >= 4 is 52.1 Å². The Morgan fingerprint density at radius 3 is 2.64 bits per heavy atom. The number of hydrogen-bond donors (Lipinski definition) is 6. The summed E-state index contributed by atoms with van der Waals surface area (Å²) in [5.74, 6) is -3.71. The molecule has 7 N–H and O–H groups in total. The third kappa shape index (κ3) is 5.54. The van der Waals surface area contributed by atoms with Gasteiger partial charge in [0, 0.05) is 24.5 Å². The minimum absolute atomic E-state index is 0.0393. The molecule has 0 fully saturated rings. The number of carboxylic acids is 2. The molecular formula is C19H20N6O7S. The van der Waals surface area contributed by atoms with Crippen molar-refractivity contribution in [1.82, 2.24) is 25.2 Å². The van der Waals surface area contributed by atoms with Crippen LogP contribution in [0.3, 0.4) is 0 Å². The number of anilines is 1. The zero-order valence-electron chi connectivity index (χ0n) is 17.2. The maximum atomic E-state index is 12.8. The zero-order valence-corrected chi connectivity index (χ0v) is 18.1. The first kappa shape index (κ1) is 23.5. The van der Waals surface area contributed by atoms with Crippen LogP contribution in [0, 0.1) is 0 Å². The van der Waals surface area contributed by atoms with Gasteiger partial charge in [0.15, 0.2) is 0 Å². The van der Waals surface area contributed by atoms with Gasteiger partial charge in [-0.05, 0) is 18.6 Å². The Morgan fingerprint density at radius 1 is 1.24 bits per heavy atom. The molecule has 0 aliphatic rings. The number of carbonyl (C=O) groups excluding carboxylic acids is 2. The summed E-state index contributed by atoms with van der Waals surface area (Å²) < 4.78 is 0. The quantitative estimate of drug-likeness (QED) is 0.249. The molecule has 13 nitrogen and oxygen atoms in total. The molecule has 0 bridgehead atoms. The second kappa shape index (κ2) is 9.52. The number of H-pyrrole nitrogens is 2. The largest absolute Gasteiger partial charge is 0.481 e. The van der Waals surface area contributed by atoms with Crippen molar-refractivity contribution in [3.63, 3.8) is 0 Å². The van der Waals surface area contributed by atoms with Gasteiger partial charge in [-0.25, -0.2) is 4.79 Å². The Balaban J connectivity index is 1.67. The molecule has 174 valence electrons. The first-order valence-corrected chi connectivity index (χ1v) is 10.4. The maximum Gasteiger partial charge on any atom is 0.326 e. The molecule has 0 aliphatic heterocycles. The van der Waals surface area contributed by atoms with Crippen molar-refractivity contribution in [1.29, 1.82) is 0 Å². The van der Waals surface area contributed by atoms with E-state index in [2.05, 4.69) is 20.3 Å². The summed E-state index contributed by atoms with van der Waals surface area (Å²) in [5.41, 5.74) is 6.15. The standard InChI is InChI=1S/C19H20N6O7S/c1-25(6-9-5-10-14(21-9)23-19(20)24-15(10)28)17(30)8-4-12(33-7-8)16(29)22-11(18(31)32)2-3-13(26)27/h4-5,7,11H,2-3,6H2,1H3,(H,22,29)(H,26,27)(H,31,32)(H4,20,21,23,24,28)/t11-/m0/s1. The molecule has 0 saturated heterocycles. The molecule has 0 spiro atoms. The van der Waals surface area contributed by atoms with E-state index in [4.69, 9.17) is 10.8 Å². The summed E-state index contributed by atoms with van der Waals surface area (Å²) in [4.78, 5) is 69.7. The number of nitrogens with two attached hydrogens (primary N) is 1. The van der Waals surface area contributed by atoms with E-state index in [0.717, 1.165) is 11.3 Å². The minimum atomic E-state index is -1.37. The fraction of sp³-hybridized carbons (Fsp3) is 0.263. The van der Waals surface area contributed by atoms with Gasteiger partial charge in [0.1, 0.15) is 11.7 Å². The van der Waals surface area contributed by atoms with Crippen LogP contribution in [0.5, 0.6) is 0 Å². The average Bonchev–Trinajstić information content (AvgIpc) is 3.37. The van der Waals surface area contributed by atoms with Gasteiger partial charge in [-0.3, -0.25) is 24.2 Å². The monoisotopic (exact) mass is 476 g/mol. The summed E-state index contributed by atoms with van der Waals surface area (Å²) in [5, 5.41) is 21.9. The van der Waals surface area contributed by atoms with E-state index in [1.54, 1.807) is 6.07 Å². The van der Waals surface area contributed by atoms with E-state index < -0.39 is 41.8 Å². The van der Waals surface area contributed by atoms with Gasteiger partial charge in [0.05, 0.1) is 22.4 Å². The van der Waals surface area contributed by atoms with Crippen molar-refractivity contribution < 1.29 is 29.4 Å². The number of fused-ring (bicyclic) bond motifs is 1. The number of aromatic amines is 2. The van der Waals surface area contributed by atoms with Crippen molar-refractivity contribution in [3.05, 3.63) is 44.0 Å². The number of carboxylic acid groups (broad SMARTS) is 2. The lowest BCUT2D eigenvalue weighted by Crippen LogP contribution is -2.40. The van der Waals surface area contributed by atoms with Gasteiger partial charge >= 0.3 is 11.9 Å². The number of hydrogen-bond acceptors (Lipinski definition) is 8. The van der Waals surface area contributed by atoms with E-state index in [-0.39, 0.29) is 35.0 Å². The molecule has 0 radical (unpaired) electrons. The van der Waals surface area contributed by atoms with E-state index >= 15 is 0 Å². The number of carbonyl (C=O) groups is 4. The number of nitrogens with one attached hydrogen (secondary N) is 3. The van der Waals surface area contributed by atoms with Gasteiger partial charge in [-0.2, -0.15) is 4.98 Å². The van der Waals surface area contributed by atoms with Crippen molar-refractivity contribution in [2.45, 2.75) is 25.4 Å². The van der Waals surface area contributed by atoms with E-state index in [9.17, 15) is 29.1 Å². The fourth-order valence-corrected chi connectivity index (χ4v) is 3.83. The summed E-state index contributed by atoms with van der Waals surface area (Å²) >= 11 is 0.949. The minimum Gasteiger partial charge on any atom is -0.481 e. The van der Waals surface area contributed by atoms with Gasteiger partial charge in [-0.1, -0.05) is 0 Å². The van der Waals surface area contributed by atoms with Crippen LogP contribution in [0.1, 0.15) is 38.6 Å². The van der Waals surface area contributed by atoms with Gasteiger partial charge in [0.2, 0.25) is 5.95 Å². The van der Waals surface area contributed by atoms with Crippen LogP contribution in [-0.2, 0) is 16.1 Å². The van der Waals surface area contributed by atoms with Crippen LogP contribution in [-0.4, -0.2) is 66.9 Å². The number of amides is 2. The lowest BCUT2D eigenvalue weighted by Gasteiger charge is -2.15. The number of aliphatic carboxylic acids is 2. The van der Waals surface area contributed by atoms with Gasteiger partial charge < -0.3 is 31.1 Å². The highest BCUT2D eigenvalue weighted by molar-refractivity contribution is 7.12. The van der Waals surface area contributed by atoms with Crippen LogP contribution >= 0.6 is 11.3 Å². The van der Waals surface area contributed by atoms with Crippen molar-refractivity contribution in [3.8, 4) is 0 Å². The molecule has 3 aromatic rings. The molecule has 0 aliphatic carbocycles. The fourth-order valence-electron chi connectivity index (χ4n) is 3.05.